The first-order valence-corrected chi connectivity index (χ1v) is 6.76. The fourth-order valence-corrected chi connectivity index (χ4v) is 3.11. The Bertz CT molecular complexity index is 369. The lowest BCUT2D eigenvalue weighted by Crippen LogP contribution is -2.41. The summed E-state index contributed by atoms with van der Waals surface area (Å²) in [6.07, 6.45) is 6.52. The van der Waals surface area contributed by atoms with Gasteiger partial charge in [-0.25, -0.2) is 0 Å². The molecule has 17 heavy (non-hydrogen) atoms. The summed E-state index contributed by atoms with van der Waals surface area (Å²) in [5.74, 6) is 0. The van der Waals surface area contributed by atoms with Crippen LogP contribution in [-0.4, -0.2) is 13.2 Å². The molecule has 2 aliphatic rings. The highest BCUT2D eigenvalue weighted by atomic mass is 16.5. The molecule has 1 aromatic carbocycles. The van der Waals surface area contributed by atoms with Crippen molar-refractivity contribution in [2.75, 3.05) is 13.2 Å². The van der Waals surface area contributed by atoms with Crippen molar-refractivity contribution in [1.29, 1.82) is 0 Å². The van der Waals surface area contributed by atoms with Gasteiger partial charge in [-0.1, -0.05) is 30.7 Å². The third-order valence-electron chi connectivity index (χ3n) is 4.53. The van der Waals surface area contributed by atoms with Gasteiger partial charge in [0.1, 0.15) is 0 Å². The topological polar surface area (TPSA) is 35.2 Å². The van der Waals surface area contributed by atoms with Crippen molar-refractivity contribution in [2.45, 2.75) is 43.6 Å². The lowest BCUT2D eigenvalue weighted by Gasteiger charge is -2.41. The van der Waals surface area contributed by atoms with Crippen LogP contribution in [0, 0.1) is 0 Å². The minimum absolute atomic E-state index is 0.287. The molecule has 0 radical (unpaired) electrons. The number of nitrogens with two attached hydrogens (primary N) is 1. The molecule has 3 rings (SSSR count). The van der Waals surface area contributed by atoms with E-state index >= 15 is 0 Å². The second-order valence-electron chi connectivity index (χ2n) is 5.46. The summed E-state index contributed by atoms with van der Waals surface area (Å²) < 4.78 is 5.71. The molecule has 1 unspecified atom stereocenters. The zero-order chi connectivity index (χ0) is 11.7. The molecule has 1 aromatic rings. The van der Waals surface area contributed by atoms with Crippen LogP contribution in [0.3, 0.4) is 0 Å². The van der Waals surface area contributed by atoms with E-state index < -0.39 is 0 Å². The smallest absolute Gasteiger partial charge is 0.0825 e. The van der Waals surface area contributed by atoms with E-state index in [0.717, 1.165) is 13.2 Å². The van der Waals surface area contributed by atoms with Crippen LogP contribution in [0.1, 0.15) is 49.3 Å². The van der Waals surface area contributed by atoms with Crippen molar-refractivity contribution in [2.24, 2.45) is 5.73 Å². The summed E-state index contributed by atoms with van der Waals surface area (Å²) >= 11 is 0. The summed E-state index contributed by atoms with van der Waals surface area (Å²) in [4.78, 5) is 0. The van der Waals surface area contributed by atoms with Gasteiger partial charge in [0, 0.05) is 18.6 Å². The fourth-order valence-electron chi connectivity index (χ4n) is 3.11. The summed E-state index contributed by atoms with van der Waals surface area (Å²) in [6.45, 7) is 1.70. The third-order valence-corrected chi connectivity index (χ3v) is 4.53. The number of hydrogen-bond acceptors (Lipinski definition) is 2. The average Bonchev–Trinajstić information content (AvgIpc) is 2.83. The Hall–Kier alpha value is -0.860. The Morgan fingerprint density at radius 1 is 1.18 bits per heavy atom. The molecule has 1 saturated heterocycles. The molecule has 1 atom stereocenters. The Morgan fingerprint density at radius 3 is 2.41 bits per heavy atom. The van der Waals surface area contributed by atoms with E-state index in [1.54, 1.807) is 0 Å². The molecular weight excluding hydrogens is 210 g/mol. The van der Waals surface area contributed by atoms with Crippen LogP contribution in [0.5, 0.6) is 0 Å². The summed E-state index contributed by atoms with van der Waals surface area (Å²) in [7, 11) is 0. The minimum Gasteiger partial charge on any atom is -0.374 e. The molecule has 0 amide bonds. The normalized spacial score (nSPS) is 26.8. The van der Waals surface area contributed by atoms with E-state index in [2.05, 4.69) is 24.3 Å². The van der Waals surface area contributed by atoms with Gasteiger partial charge in [0.15, 0.2) is 0 Å². The highest BCUT2D eigenvalue weighted by Gasteiger charge is 2.37. The average molecular weight is 231 g/mol. The standard InChI is InChI=1S/C15H21NO/c16-11-15(8-2-9-15)13-6-4-12(5-7-13)14-3-1-10-17-14/h4-7,14H,1-3,8-11,16H2. The van der Waals surface area contributed by atoms with Gasteiger partial charge in [0.05, 0.1) is 6.10 Å². The molecule has 92 valence electrons. The quantitative estimate of drug-likeness (QED) is 0.868. The Labute approximate surface area is 103 Å². The van der Waals surface area contributed by atoms with E-state index in [-0.39, 0.29) is 5.41 Å². The lowest BCUT2D eigenvalue weighted by molar-refractivity contribution is 0.112. The lowest BCUT2D eigenvalue weighted by atomic mass is 9.64. The van der Waals surface area contributed by atoms with Gasteiger partial charge in [-0.2, -0.15) is 0 Å². The van der Waals surface area contributed by atoms with Gasteiger partial charge in [-0.3, -0.25) is 0 Å². The molecular formula is C15H21NO. The molecule has 2 nitrogen and oxygen atoms in total. The molecule has 2 N–H and O–H groups in total. The molecule has 1 aliphatic carbocycles. The van der Waals surface area contributed by atoms with Gasteiger partial charge < -0.3 is 10.5 Å². The van der Waals surface area contributed by atoms with Gasteiger partial charge >= 0.3 is 0 Å². The molecule has 2 fully saturated rings. The second-order valence-corrected chi connectivity index (χ2v) is 5.46. The van der Waals surface area contributed by atoms with Gasteiger partial charge in [-0.05, 0) is 36.8 Å². The van der Waals surface area contributed by atoms with E-state index in [0.29, 0.717) is 6.10 Å². The first kappa shape index (κ1) is 11.2. The van der Waals surface area contributed by atoms with Crippen LogP contribution < -0.4 is 5.73 Å². The predicted octanol–water partition coefficient (Wildman–Crippen LogP) is 2.92. The van der Waals surface area contributed by atoms with E-state index in [4.69, 9.17) is 10.5 Å². The number of ether oxygens (including phenoxy) is 1. The van der Waals surface area contributed by atoms with Gasteiger partial charge in [-0.15, -0.1) is 0 Å². The van der Waals surface area contributed by atoms with E-state index in [1.807, 2.05) is 0 Å². The highest BCUT2D eigenvalue weighted by Crippen LogP contribution is 2.43. The number of rotatable bonds is 3. The van der Waals surface area contributed by atoms with Crippen molar-refractivity contribution >= 4 is 0 Å². The van der Waals surface area contributed by atoms with Crippen LogP contribution in [0.15, 0.2) is 24.3 Å². The highest BCUT2D eigenvalue weighted by molar-refractivity contribution is 5.32. The van der Waals surface area contributed by atoms with Crippen LogP contribution >= 0.6 is 0 Å². The maximum absolute atomic E-state index is 5.94. The van der Waals surface area contributed by atoms with E-state index in [9.17, 15) is 0 Å². The van der Waals surface area contributed by atoms with Crippen LogP contribution in [-0.2, 0) is 10.2 Å². The molecule has 0 bridgehead atoms. The first-order chi connectivity index (χ1) is 8.34. The molecule has 0 spiro atoms. The molecule has 0 aromatic heterocycles. The maximum Gasteiger partial charge on any atom is 0.0825 e. The first-order valence-electron chi connectivity index (χ1n) is 6.76. The minimum atomic E-state index is 0.287. The van der Waals surface area contributed by atoms with Crippen molar-refractivity contribution < 1.29 is 4.74 Å². The zero-order valence-electron chi connectivity index (χ0n) is 10.3. The summed E-state index contributed by atoms with van der Waals surface area (Å²) in [6, 6.07) is 9.01. The largest absolute Gasteiger partial charge is 0.374 e. The Balaban J connectivity index is 1.79. The Kier molecular flexibility index (Phi) is 2.93. The summed E-state index contributed by atoms with van der Waals surface area (Å²) in [5, 5.41) is 0. The molecule has 2 heteroatoms. The van der Waals surface area contributed by atoms with Crippen molar-refractivity contribution in [3.8, 4) is 0 Å². The summed E-state index contributed by atoms with van der Waals surface area (Å²) in [5.41, 5.74) is 8.98. The van der Waals surface area contributed by atoms with Crippen molar-refractivity contribution in [1.82, 2.24) is 0 Å². The monoisotopic (exact) mass is 231 g/mol. The number of benzene rings is 1. The molecule has 1 heterocycles. The fraction of sp³-hybridized carbons (Fsp3) is 0.600. The zero-order valence-corrected chi connectivity index (χ0v) is 10.3. The second kappa shape index (κ2) is 4.43. The van der Waals surface area contributed by atoms with Crippen LogP contribution in [0.2, 0.25) is 0 Å². The third kappa shape index (κ3) is 1.90. The Morgan fingerprint density at radius 2 is 1.94 bits per heavy atom. The van der Waals surface area contributed by atoms with Crippen molar-refractivity contribution in [3.05, 3.63) is 35.4 Å². The predicted molar refractivity (Wildman–Crippen MR) is 69.0 cm³/mol. The maximum atomic E-state index is 5.94. The van der Waals surface area contributed by atoms with Crippen molar-refractivity contribution in [3.63, 3.8) is 0 Å². The molecule has 1 saturated carbocycles. The number of hydrogen-bond donors (Lipinski definition) is 1. The SMILES string of the molecule is NCC1(c2ccc(C3CCCO3)cc2)CCC1. The van der Waals surface area contributed by atoms with E-state index in [1.165, 1.54) is 43.2 Å². The van der Waals surface area contributed by atoms with Gasteiger partial charge in [0.25, 0.3) is 0 Å². The molecule has 1 aliphatic heterocycles. The van der Waals surface area contributed by atoms with Gasteiger partial charge in [0.2, 0.25) is 0 Å². The van der Waals surface area contributed by atoms with Crippen LogP contribution in [0.4, 0.5) is 0 Å². The van der Waals surface area contributed by atoms with Crippen LogP contribution in [0.25, 0.3) is 0 Å².